The Morgan fingerprint density at radius 3 is 1.03 bits per heavy atom. The number of piperazine rings is 4. The van der Waals surface area contributed by atoms with Crippen LogP contribution in [0, 0.1) is 23.7 Å². The lowest BCUT2D eigenvalue weighted by Gasteiger charge is -2.40. The van der Waals surface area contributed by atoms with E-state index in [1.807, 2.05) is 26.5 Å². The standard InChI is InChI=1S/C22H28F3N5O.C22H26F3N5O.2C22H28F3N5O.10H2/c2*1-4-14-10-16(21(26)28-11-14)20(31)19-17(22(23,24)25)5-6-18(29-19)30-8-7-27-15(12-30)9-13(2)3;2*1-4-14-11-30(12-15(28-14)10-13(2)3)18-8-7-17(22(23,24)25)19(29-18)20(31)16-6-5-9-27-21(16)26;;;;;;;;;;/h5-6,10-11,13,15,27H,4,7-9,12H2,1-3H3,(H2,26,28);4-6,10-11,13,15,27H,1,7-9,12H2,2-3H3,(H2,26,28);2*5-9,13-15,28H,4,10-12H2,1-3H3,(H2,26,27);10*1H/t2*15-;14-,15+;14-,15-;;;;;;;;;;/m0010........../s1. The largest absolute Gasteiger partial charge is 0.418 e. The predicted molar refractivity (Wildman–Crippen MR) is 478 cm³/mol. The SMILES string of the molecule is C=Cc1cnc(N)c(C(=O)c2nc(N3CCN[C@@H](CC(C)C)C3)ccc2C(F)(F)F)c1.CC[C@@H]1CN(c2ccc(C(F)(F)F)c(C(=O)c3cccnc3N)n2)C[C@H](CC(C)C)N1.CC[C@H]1CN(c2ccc(C(F)(F)F)c(C(=O)c3cccnc3N)n2)C[C@H](CC(C)C)N1.CCc1cnc(N)c(C(=O)c2nc(N3CCN[C@@H](CC(C)C)C3)ccc2C(F)(F)F)c1.[HH].[HH].[HH].[HH].[HH].[HH].[HH].[HH].[HH].[HH]. The zero-order valence-electron chi connectivity index (χ0n) is 71.3. The van der Waals surface area contributed by atoms with Gasteiger partial charge in [0.15, 0.2) is 0 Å². The monoisotopic (exact) mass is 1760 g/mol. The quantitative estimate of drug-likeness (QED) is 0.0206. The molecule has 124 heavy (non-hydrogen) atoms. The number of pyridine rings is 8. The first-order valence-corrected chi connectivity index (χ1v) is 41.4. The van der Waals surface area contributed by atoms with E-state index in [4.69, 9.17) is 22.9 Å². The van der Waals surface area contributed by atoms with E-state index in [0.717, 1.165) is 62.8 Å². The van der Waals surface area contributed by atoms with Gasteiger partial charge in [0.2, 0.25) is 23.1 Å². The summed E-state index contributed by atoms with van der Waals surface area (Å²) in [7, 11) is 0. The van der Waals surface area contributed by atoms with Crippen LogP contribution in [0.2, 0.25) is 0 Å². The number of aromatic nitrogens is 8. The minimum atomic E-state index is -4.74. The molecule has 4 saturated heterocycles. The number of nitrogens with two attached hydrogens (primary N) is 4. The second kappa shape index (κ2) is 42.1. The topological polar surface area (TPSA) is 337 Å². The molecule has 24 nitrogen and oxygen atoms in total. The minimum Gasteiger partial charge on any atom is -0.383 e. The van der Waals surface area contributed by atoms with Crippen molar-refractivity contribution in [2.24, 2.45) is 23.7 Å². The highest BCUT2D eigenvalue weighted by molar-refractivity contribution is 6.14. The molecule has 0 aromatic carbocycles. The normalized spacial score (nSPS) is 18.4. The number of nitrogen functional groups attached to an aromatic ring is 4. The Morgan fingerprint density at radius 1 is 0.419 bits per heavy atom. The van der Waals surface area contributed by atoms with E-state index in [9.17, 15) is 71.9 Å². The van der Waals surface area contributed by atoms with Crippen molar-refractivity contribution in [1.29, 1.82) is 0 Å². The number of hydrogen-bond donors (Lipinski definition) is 8. The van der Waals surface area contributed by atoms with E-state index < -0.39 is 92.9 Å². The summed E-state index contributed by atoms with van der Waals surface area (Å²) in [6.45, 7) is 32.8. The highest BCUT2D eigenvalue weighted by Gasteiger charge is 2.43. The molecule has 690 valence electrons. The Balaban J connectivity index is 0. The molecule has 12 heterocycles. The number of rotatable bonds is 24. The molecular formula is C88H130F12N20O4. The highest BCUT2D eigenvalue weighted by atomic mass is 19.4. The Bertz CT molecular complexity index is 4910. The fourth-order valence-electron chi connectivity index (χ4n) is 15.4. The second-order valence-electron chi connectivity index (χ2n) is 32.9. The molecule has 0 saturated carbocycles. The highest BCUT2D eigenvalue weighted by Crippen LogP contribution is 2.40. The lowest BCUT2D eigenvalue weighted by Crippen LogP contribution is -2.57. The molecule has 8 aromatic rings. The van der Waals surface area contributed by atoms with Crippen LogP contribution in [-0.4, -0.2) is 165 Å². The number of nitrogens with one attached hydrogen (secondary N) is 4. The maximum Gasteiger partial charge on any atom is 0.418 e. The molecule has 0 aliphatic carbocycles. The Labute approximate surface area is 728 Å². The van der Waals surface area contributed by atoms with E-state index in [1.54, 1.807) is 0 Å². The molecule has 0 radical (unpaired) electrons. The van der Waals surface area contributed by atoms with Gasteiger partial charge in [-0.25, -0.2) is 39.9 Å². The number of ketones is 4. The van der Waals surface area contributed by atoms with Crippen molar-refractivity contribution in [3.63, 3.8) is 0 Å². The van der Waals surface area contributed by atoms with Gasteiger partial charge < -0.3 is 63.8 Å². The first-order valence-electron chi connectivity index (χ1n) is 41.4. The molecule has 0 spiro atoms. The predicted octanol–water partition coefficient (Wildman–Crippen LogP) is 17.8. The van der Waals surface area contributed by atoms with Crippen LogP contribution >= 0.6 is 0 Å². The van der Waals surface area contributed by atoms with Crippen molar-refractivity contribution in [3.05, 3.63) is 195 Å². The maximum absolute atomic E-state index is 13.7. The number of alkyl halides is 12. The molecule has 36 heteroatoms. The summed E-state index contributed by atoms with van der Waals surface area (Å²) in [6, 6.07) is 18.7. The van der Waals surface area contributed by atoms with Crippen LogP contribution in [0.3, 0.4) is 0 Å². The van der Waals surface area contributed by atoms with Crippen molar-refractivity contribution in [1.82, 2.24) is 61.1 Å². The first kappa shape index (κ1) is 96.8. The van der Waals surface area contributed by atoms with E-state index in [1.165, 1.54) is 91.5 Å². The van der Waals surface area contributed by atoms with Gasteiger partial charge in [0.25, 0.3) is 0 Å². The fraction of sp³-hybridized carbons (Fsp3) is 0.477. The molecular weight excluding hydrogens is 1630 g/mol. The number of halogens is 12. The summed E-state index contributed by atoms with van der Waals surface area (Å²) in [5, 5.41) is 14.0. The van der Waals surface area contributed by atoms with Crippen molar-refractivity contribution >= 4 is 75.8 Å². The van der Waals surface area contributed by atoms with Gasteiger partial charge in [-0.1, -0.05) is 88.8 Å². The number of carbonyl (C=O) groups is 4. The summed E-state index contributed by atoms with van der Waals surface area (Å²) in [5.41, 5.74) is 16.9. The van der Waals surface area contributed by atoms with Gasteiger partial charge in [-0.2, -0.15) is 52.7 Å². The maximum atomic E-state index is 13.7. The lowest BCUT2D eigenvalue weighted by atomic mass is 9.98. The first-order chi connectivity index (χ1) is 58.4. The fourth-order valence-corrected chi connectivity index (χ4v) is 15.4. The van der Waals surface area contributed by atoms with Crippen molar-refractivity contribution in [3.8, 4) is 0 Å². The molecule has 4 aliphatic heterocycles. The molecule has 0 amide bonds. The molecule has 8 aromatic heterocycles. The smallest absolute Gasteiger partial charge is 0.383 e. The van der Waals surface area contributed by atoms with E-state index >= 15 is 0 Å². The zero-order valence-corrected chi connectivity index (χ0v) is 71.3. The van der Waals surface area contributed by atoms with Crippen LogP contribution in [0.1, 0.15) is 227 Å². The second-order valence-corrected chi connectivity index (χ2v) is 32.9. The Hall–Kier alpha value is -11.0. The molecule has 0 bridgehead atoms. The van der Waals surface area contributed by atoms with Gasteiger partial charge in [0.05, 0.1) is 44.5 Å². The average Bonchev–Trinajstić information content (AvgIpc) is 0.712. The Morgan fingerprint density at radius 2 is 0.718 bits per heavy atom. The van der Waals surface area contributed by atoms with Gasteiger partial charge >= 0.3 is 24.7 Å². The van der Waals surface area contributed by atoms with Crippen LogP contribution < -0.4 is 63.8 Å². The molecule has 0 unspecified atom stereocenters. The van der Waals surface area contributed by atoms with Crippen molar-refractivity contribution in [2.45, 2.75) is 182 Å². The van der Waals surface area contributed by atoms with E-state index in [2.05, 4.69) is 137 Å². The molecule has 6 atom stereocenters. The molecule has 4 fully saturated rings. The van der Waals surface area contributed by atoms with Gasteiger partial charge in [-0.3, -0.25) is 19.2 Å². The van der Waals surface area contributed by atoms with Crippen molar-refractivity contribution in [2.75, 3.05) is 108 Å². The summed E-state index contributed by atoms with van der Waals surface area (Å²) in [6.07, 6.45) is -5.73. The average molecular weight is 1760 g/mol. The summed E-state index contributed by atoms with van der Waals surface area (Å²) < 4.78 is 164. The number of aryl methyl sites for hydroxylation is 1. The third-order valence-electron chi connectivity index (χ3n) is 21.3. The van der Waals surface area contributed by atoms with E-state index in [0.29, 0.717) is 130 Å². The molecule has 12 rings (SSSR count). The zero-order chi connectivity index (χ0) is 91.0. The van der Waals surface area contributed by atoms with Gasteiger partial charge in [-0.15, -0.1) is 0 Å². The van der Waals surface area contributed by atoms with E-state index in [-0.39, 0.29) is 96.0 Å². The molecule has 4 aliphatic rings. The third kappa shape index (κ3) is 25.6. The number of carbonyl (C=O) groups excluding carboxylic acids is 4. The third-order valence-corrected chi connectivity index (χ3v) is 21.3. The molecule has 12 N–H and O–H groups in total. The summed E-state index contributed by atoms with van der Waals surface area (Å²) in [4.78, 5) is 92.2. The summed E-state index contributed by atoms with van der Waals surface area (Å²) in [5.74, 6) is -0.793. The van der Waals surface area contributed by atoms with Gasteiger partial charge in [-0.05, 0) is 165 Å². The van der Waals surface area contributed by atoms with Gasteiger partial charge in [0.1, 0.15) is 69.3 Å². The van der Waals surface area contributed by atoms with Crippen LogP contribution in [0.25, 0.3) is 6.08 Å². The summed E-state index contributed by atoms with van der Waals surface area (Å²) >= 11 is 0. The minimum absolute atomic E-state index is 0. The number of hydrogen-bond acceptors (Lipinski definition) is 24. The van der Waals surface area contributed by atoms with Crippen molar-refractivity contribution < 1.29 is 86.1 Å². The Kier molecular flexibility index (Phi) is 32.9. The number of nitrogens with zero attached hydrogens (tertiary/aromatic N) is 12. The van der Waals surface area contributed by atoms with Crippen LogP contribution in [0.15, 0.2) is 116 Å². The lowest BCUT2D eigenvalue weighted by molar-refractivity contribution is -0.138. The van der Waals surface area contributed by atoms with Gasteiger partial charge in [0, 0.05) is 141 Å². The van der Waals surface area contributed by atoms with Crippen LogP contribution in [0.4, 0.5) is 99.2 Å². The number of anilines is 8. The van der Waals surface area contributed by atoms with Crippen LogP contribution in [0.5, 0.6) is 0 Å². The van der Waals surface area contributed by atoms with Crippen LogP contribution in [-0.2, 0) is 31.1 Å².